The monoisotopic (exact) mass is 729 g/mol. The summed E-state index contributed by atoms with van der Waals surface area (Å²) in [7, 11) is 0. The van der Waals surface area contributed by atoms with Gasteiger partial charge in [0, 0.05) is 18.1 Å². The van der Waals surface area contributed by atoms with Crippen LogP contribution in [-0.4, -0.2) is 17.2 Å². The molecule has 0 aliphatic rings. The van der Waals surface area contributed by atoms with Crippen LogP contribution in [0.4, 0.5) is 77.2 Å². The quantitative estimate of drug-likeness (QED) is 0.0502. The van der Waals surface area contributed by atoms with Crippen molar-refractivity contribution >= 4 is 35.0 Å². The molecule has 0 saturated carbocycles. The van der Waals surface area contributed by atoms with Crippen LogP contribution < -0.4 is 16.2 Å². The summed E-state index contributed by atoms with van der Waals surface area (Å²) in [4.78, 5) is 0. The number of rotatable bonds is 7. The normalized spacial score (nSPS) is 12.5. The molecule has 0 saturated heterocycles. The number of hydrogen-bond acceptors (Lipinski definition) is 0. The van der Waals surface area contributed by atoms with Gasteiger partial charge >= 0.3 is 0 Å². The fourth-order valence-corrected chi connectivity index (χ4v) is 5.36. The van der Waals surface area contributed by atoms with Gasteiger partial charge in [0.2, 0.25) is 34.9 Å². The number of amidine groups is 1. The van der Waals surface area contributed by atoms with Gasteiger partial charge in [0.1, 0.15) is 29.0 Å². The number of benzene rings is 4. The molecule has 0 heterocycles. The van der Waals surface area contributed by atoms with Crippen molar-refractivity contribution in [1.29, 1.82) is 0 Å². The van der Waals surface area contributed by atoms with Crippen molar-refractivity contribution in [2.45, 2.75) is 46.5 Å². The minimum Gasteiger partial charge on any atom is -0.441 e. The third-order valence-corrected chi connectivity index (χ3v) is 7.76. The standard InChI is InChI=1S/C32H21BF15N2/c1-9(2)12-7-6-8-13(10(3)4)31(12)49-11(5)50(32-29(47)27(45)26(44)28(46)30(32)48)33(14-16(34)20(38)24(42)21(39)17(14)35)15-18(36)22(40)25(43)23(41)19(15)37/h6-10,49H,1-5H3/b50-11-. The minimum atomic E-state index is -3.78. The highest BCUT2D eigenvalue weighted by Gasteiger charge is 2.39. The molecule has 50 heavy (non-hydrogen) atoms. The molecule has 0 fully saturated rings. The Hall–Kier alpha value is -4.64. The molecule has 18 heteroatoms. The van der Waals surface area contributed by atoms with Crippen LogP contribution in [0.5, 0.6) is 0 Å². The van der Waals surface area contributed by atoms with E-state index in [9.17, 15) is 39.5 Å². The average molecular weight is 729 g/mol. The van der Waals surface area contributed by atoms with Gasteiger partial charge < -0.3 is 4.49 Å². The predicted octanol–water partition coefficient (Wildman–Crippen LogP) is 9.00. The molecule has 2 nitrogen and oxygen atoms in total. The number of para-hydroxylation sites is 1. The van der Waals surface area contributed by atoms with E-state index in [1.807, 2.05) is 0 Å². The van der Waals surface area contributed by atoms with Crippen LogP contribution in [0.2, 0.25) is 0 Å². The Morgan fingerprint density at radius 2 is 0.760 bits per heavy atom. The maximum Gasteiger partial charge on any atom is 0.207 e. The van der Waals surface area contributed by atoms with Gasteiger partial charge in [-0.15, -0.1) is 10.9 Å². The van der Waals surface area contributed by atoms with E-state index in [0.29, 0.717) is 18.1 Å². The molecule has 4 aromatic rings. The third-order valence-electron chi connectivity index (χ3n) is 7.76. The summed E-state index contributed by atoms with van der Waals surface area (Å²) in [6, 6.07) is 4.49. The molecule has 0 spiro atoms. The molecule has 0 amide bonds. The van der Waals surface area contributed by atoms with Crippen LogP contribution >= 0.6 is 0 Å². The molecule has 267 valence electrons. The Kier molecular flexibility index (Phi) is 10.6. The highest BCUT2D eigenvalue weighted by Crippen LogP contribution is 2.35. The Morgan fingerprint density at radius 3 is 1.06 bits per heavy atom. The summed E-state index contributed by atoms with van der Waals surface area (Å²) in [5, 5.41) is 2.49. The second kappa shape index (κ2) is 13.9. The molecule has 0 aliphatic carbocycles. The first-order chi connectivity index (χ1) is 23.2. The first-order valence-corrected chi connectivity index (χ1v) is 14.2. The molecule has 1 radical (unpaired) electrons. The largest absolute Gasteiger partial charge is 0.441 e. The first-order valence-electron chi connectivity index (χ1n) is 14.2. The van der Waals surface area contributed by atoms with Crippen molar-refractivity contribution in [2.24, 2.45) is 0 Å². The highest BCUT2D eigenvalue weighted by molar-refractivity contribution is 6.79. The molecule has 4 aromatic carbocycles. The van der Waals surface area contributed by atoms with Crippen LogP contribution in [0.15, 0.2) is 18.2 Å². The first kappa shape index (κ1) is 38.2. The number of nitrogens with one attached hydrogen (secondary N) is 1. The van der Waals surface area contributed by atoms with E-state index >= 15 is 26.3 Å². The van der Waals surface area contributed by atoms with Crippen molar-refractivity contribution in [3.05, 3.63) is 117 Å². The molecular weight excluding hydrogens is 708 g/mol. The number of halogens is 15. The zero-order valence-electron chi connectivity index (χ0n) is 26.1. The number of hydrogen-bond donors (Lipinski definition) is 1. The maximum atomic E-state index is 15.6. The van der Waals surface area contributed by atoms with Crippen molar-refractivity contribution in [3.63, 3.8) is 0 Å². The van der Waals surface area contributed by atoms with Gasteiger partial charge in [-0.25, -0.2) is 62.4 Å². The molecule has 0 atom stereocenters. The van der Waals surface area contributed by atoms with E-state index in [1.54, 1.807) is 33.8 Å². The van der Waals surface area contributed by atoms with Gasteiger partial charge in [0.15, 0.2) is 47.4 Å². The number of anilines is 1. The van der Waals surface area contributed by atoms with Crippen molar-refractivity contribution < 1.29 is 70.3 Å². The summed E-state index contributed by atoms with van der Waals surface area (Å²) < 4.78 is 223. The Morgan fingerprint density at radius 1 is 0.480 bits per heavy atom. The van der Waals surface area contributed by atoms with Crippen molar-refractivity contribution in [2.75, 3.05) is 5.32 Å². The lowest BCUT2D eigenvalue weighted by Gasteiger charge is -2.34. The third kappa shape index (κ3) is 6.06. The lowest BCUT2D eigenvalue weighted by Crippen LogP contribution is -2.58. The molecule has 0 unspecified atom stereocenters. The van der Waals surface area contributed by atoms with E-state index in [0.717, 1.165) is 0 Å². The second-order valence-corrected chi connectivity index (χ2v) is 11.5. The smallest absolute Gasteiger partial charge is 0.207 e. The maximum absolute atomic E-state index is 15.6. The summed E-state index contributed by atoms with van der Waals surface area (Å²) in [6.07, 6.45) is 0. The fraction of sp³-hybridized carbons (Fsp3) is 0.219. The van der Waals surface area contributed by atoms with Crippen molar-refractivity contribution in [1.82, 2.24) is 0 Å². The van der Waals surface area contributed by atoms with E-state index in [1.165, 1.54) is 12.1 Å². The van der Waals surface area contributed by atoms with Gasteiger partial charge in [0.05, 0.1) is 0 Å². The Bertz CT molecular complexity index is 1900. The predicted molar refractivity (Wildman–Crippen MR) is 153 cm³/mol. The zero-order chi connectivity index (χ0) is 37.8. The number of nitrogens with zero attached hydrogens (tertiary/aromatic N) is 1. The van der Waals surface area contributed by atoms with E-state index in [2.05, 4.69) is 5.32 Å². The average Bonchev–Trinajstić information content (AvgIpc) is 3.07. The molecular formula is C32H21BF15N2. The van der Waals surface area contributed by atoms with Gasteiger partial charge in [-0.2, -0.15) is 8.78 Å². The van der Waals surface area contributed by atoms with E-state index in [4.69, 9.17) is 0 Å². The van der Waals surface area contributed by atoms with Gasteiger partial charge in [-0.05, 0) is 11.8 Å². The lowest BCUT2D eigenvalue weighted by atomic mass is 9.48. The summed E-state index contributed by atoms with van der Waals surface area (Å²) in [5.74, 6) is -45.6. The van der Waals surface area contributed by atoms with Crippen LogP contribution in [0.1, 0.15) is 57.6 Å². The van der Waals surface area contributed by atoms with Gasteiger partial charge in [-0.3, -0.25) is 0 Å². The van der Waals surface area contributed by atoms with Crippen LogP contribution in [0, 0.1) is 87.3 Å². The van der Waals surface area contributed by atoms with Crippen molar-refractivity contribution in [3.8, 4) is 0 Å². The molecule has 0 aliphatic heterocycles. The molecule has 4 rings (SSSR count). The Balaban J connectivity index is 2.39. The lowest BCUT2D eigenvalue weighted by molar-refractivity contribution is -0.290. The zero-order valence-corrected chi connectivity index (χ0v) is 26.1. The summed E-state index contributed by atoms with van der Waals surface area (Å²) in [6.45, 7) is 3.34. The van der Waals surface area contributed by atoms with Crippen LogP contribution in [0.3, 0.4) is 0 Å². The van der Waals surface area contributed by atoms with Crippen LogP contribution in [0.25, 0.3) is 0 Å². The molecule has 1 N–H and O–H groups in total. The fourth-order valence-electron chi connectivity index (χ4n) is 5.36. The molecule has 0 bridgehead atoms. The summed E-state index contributed by atoms with van der Waals surface area (Å²) >= 11 is 0. The highest BCUT2D eigenvalue weighted by atomic mass is 19.2. The van der Waals surface area contributed by atoms with E-state index in [-0.39, 0.29) is 5.69 Å². The topological polar surface area (TPSA) is 15.0 Å². The van der Waals surface area contributed by atoms with Crippen LogP contribution in [-0.2, 0) is 0 Å². The van der Waals surface area contributed by atoms with Gasteiger partial charge in [-0.1, -0.05) is 45.9 Å². The van der Waals surface area contributed by atoms with E-state index < -0.39 is 133 Å². The SMILES string of the molecule is C/C(Nc1c(C(C)C)cccc1C(C)C)=[N+](/[B-](c1c(F)c(F)c(F)c(F)c1F)c1c(F)c(F)c(F)c(F)c1F)c1c(F)c(F)c(F)c(F)c1F. The Labute approximate surface area is 274 Å². The van der Waals surface area contributed by atoms with Gasteiger partial charge in [0.25, 0.3) is 0 Å². The minimum absolute atomic E-state index is 0.0440. The molecule has 0 aromatic heterocycles. The second-order valence-electron chi connectivity index (χ2n) is 11.5. The summed E-state index contributed by atoms with van der Waals surface area (Å²) in [5.41, 5.74) is -6.74.